The zero-order valence-corrected chi connectivity index (χ0v) is 15.0. The third-order valence-electron chi connectivity index (χ3n) is 4.24. The lowest BCUT2D eigenvalue weighted by Gasteiger charge is -2.39. The topological polar surface area (TPSA) is 46.6 Å². The maximum absolute atomic E-state index is 13.0. The number of likely N-dealkylation sites (tertiary alicyclic amines) is 1. The number of hydrogen-bond acceptors (Lipinski definition) is 3. The number of carbonyl (C=O) groups is 2. The Kier molecular flexibility index (Phi) is 5.53. The molecule has 0 bridgehead atoms. The van der Waals surface area contributed by atoms with E-state index in [1.807, 2.05) is 20.8 Å². The highest BCUT2D eigenvalue weighted by atomic mass is 35.5. The molecule has 1 amide bonds. The first-order valence-electron chi connectivity index (χ1n) is 8.04. The van der Waals surface area contributed by atoms with Crippen LogP contribution in [0.5, 0.6) is 0 Å². The number of rotatable bonds is 3. The summed E-state index contributed by atoms with van der Waals surface area (Å²) in [7, 11) is 0. The fraction of sp³-hybridized carbons (Fsp3) is 0.556. The summed E-state index contributed by atoms with van der Waals surface area (Å²) in [6.07, 6.45) is 0.996. The summed E-state index contributed by atoms with van der Waals surface area (Å²) in [6, 6.07) is 6.07. The molecule has 132 valence electrons. The molecule has 0 aliphatic carbocycles. The predicted molar refractivity (Wildman–Crippen MR) is 90.4 cm³/mol. The van der Waals surface area contributed by atoms with Gasteiger partial charge in [-0.2, -0.15) is 0 Å². The molecule has 1 aromatic rings. The molecule has 1 fully saturated rings. The van der Waals surface area contributed by atoms with Crippen LogP contribution in [0.25, 0.3) is 0 Å². The summed E-state index contributed by atoms with van der Waals surface area (Å²) < 4.78 is 18.4. The lowest BCUT2D eigenvalue weighted by molar-refractivity contribution is -0.123. The Morgan fingerprint density at radius 2 is 1.75 bits per heavy atom. The smallest absolute Gasteiger partial charge is 0.410 e. The Bertz CT molecular complexity index is 602. The first-order valence-corrected chi connectivity index (χ1v) is 8.41. The van der Waals surface area contributed by atoms with Crippen LogP contribution in [-0.4, -0.2) is 34.9 Å². The Balaban J connectivity index is 2.05. The summed E-state index contributed by atoms with van der Waals surface area (Å²) >= 11 is 5.88. The Morgan fingerprint density at radius 1 is 1.21 bits per heavy atom. The molecule has 0 radical (unpaired) electrons. The highest BCUT2D eigenvalue weighted by Crippen LogP contribution is 2.38. The van der Waals surface area contributed by atoms with Crippen LogP contribution in [0.1, 0.15) is 39.2 Å². The van der Waals surface area contributed by atoms with Gasteiger partial charge in [-0.25, -0.2) is 9.18 Å². The molecular weight excluding hydrogens is 333 g/mol. The van der Waals surface area contributed by atoms with E-state index < -0.39 is 16.3 Å². The van der Waals surface area contributed by atoms with Gasteiger partial charge in [-0.3, -0.25) is 4.79 Å². The van der Waals surface area contributed by atoms with Crippen LogP contribution in [0.3, 0.4) is 0 Å². The molecule has 1 aliphatic rings. The molecule has 24 heavy (non-hydrogen) atoms. The zero-order chi connectivity index (χ0) is 18.0. The first kappa shape index (κ1) is 18.7. The van der Waals surface area contributed by atoms with Crippen LogP contribution in [0.2, 0.25) is 0 Å². The molecule has 0 aromatic heterocycles. The molecule has 0 atom stereocenters. The number of halogens is 2. The summed E-state index contributed by atoms with van der Waals surface area (Å²) in [4.78, 5) is 25.8. The van der Waals surface area contributed by atoms with Gasteiger partial charge in [0.25, 0.3) is 0 Å². The third-order valence-corrected chi connectivity index (χ3v) is 4.65. The van der Waals surface area contributed by atoms with Gasteiger partial charge in [0.05, 0.1) is 5.41 Å². The van der Waals surface area contributed by atoms with Crippen LogP contribution in [0.15, 0.2) is 24.3 Å². The van der Waals surface area contributed by atoms with Crippen molar-refractivity contribution in [2.24, 2.45) is 5.41 Å². The summed E-state index contributed by atoms with van der Waals surface area (Å²) in [5.74, 6) is -0.315. The van der Waals surface area contributed by atoms with E-state index in [1.54, 1.807) is 17.0 Å². The molecule has 0 N–H and O–H groups in total. The average Bonchev–Trinajstić information content (AvgIpc) is 2.48. The van der Waals surface area contributed by atoms with Gasteiger partial charge < -0.3 is 9.64 Å². The number of amides is 1. The third kappa shape index (κ3) is 4.69. The number of carbonyl (C=O) groups excluding carboxylic acids is 2. The van der Waals surface area contributed by atoms with Crippen molar-refractivity contribution < 1.29 is 18.7 Å². The van der Waals surface area contributed by atoms with Crippen molar-refractivity contribution in [2.75, 3.05) is 13.1 Å². The minimum atomic E-state index is -0.724. The van der Waals surface area contributed by atoms with Crippen molar-refractivity contribution in [1.82, 2.24) is 4.90 Å². The number of hydrogen-bond donors (Lipinski definition) is 0. The second-order valence-corrected chi connectivity index (χ2v) is 7.67. The highest BCUT2D eigenvalue weighted by Gasteiger charge is 2.42. The summed E-state index contributed by atoms with van der Waals surface area (Å²) in [5.41, 5.74) is -0.420. The van der Waals surface area contributed by atoms with Crippen molar-refractivity contribution >= 4 is 22.9 Å². The Morgan fingerprint density at radius 3 is 2.21 bits per heavy atom. The van der Waals surface area contributed by atoms with Crippen LogP contribution in [-0.2, 0) is 16.0 Å². The van der Waals surface area contributed by atoms with Crippen molar-refractivity contribution in [3.63, 3.8) is 0 Å². The van der Waals surface area contributed by atoms with Crippen LogP contribution in [0.4, 0.5) is 9.18 Å². The molecule has 4 nitrogen and oxygen atoms in total. The van der Waals surface area contributed by atoms with Gasteiger partial charge in [-0.05, 0) is 69.3 Å². The van der Waals surface area contributed by atoms with Crippen LogP contribution < -0.4 is 0 Å². The minimum Gasteiger partial charge on any atom is -0.444 e. The maximum atomic E-state index is 13.0. The van der Waals surface area contributed by atoms with E-state index >= 15 is 0 Å². The lowest BCUT2D eigenvalue weighted by atomic mass is 9.75. The van der Waals surface area contributed by atoms with E-state index in [1.165, 1.54) is 12.1 Å². The van der Waals surface area contributed by atoms with Gasteiger partial charge in [0, 0.05) is 13.1 Å². The Hall–Kier alpha value is -1.62. The second kappa shape index (κ2) is 7.09. The SMILES string of the molecule is CC(C)(C)OC(=O)N1CCC(Cc2ccc(F)cc2)(C(=O)Cl)CC1. The standard InChI is InChI=1S/C18H23ClFNO3/c1-17(2,3)24-16(23)21-10-8-18(9-11-21,15(19)22)12-13-4-6-14(20)7-5-13/h4-7H,8-12H2,1-3H3. The molecule has 2 rings (SSSR count). The van der Waals surface area contributed by atoms with Crippen LogP contribution >= 0.6 is 11.6 Å². The maximum Gasteiger partial charge on any atom is 0.410 e. The zero-order valence-electron chi connectivity index (χ0n) is 14.3. The second-order valence-electron chi connectivity index (χ2n) is 7.32. The first-order chi connectivity index (χ1) is 11.1. The molecule has 1 aromatic carbocycles. The molecule has 1 heterocycles. The van der Waals surface area contributed by atoms with Gasteiger partial charge in [0.1, 0.15) is 11.4 Å². The van der Waals surface area contributed by atoms with E-state index in [9.17, 15) is 14.0 Å². The number of piperidine rings is 1. The molecule has 1 aliphatic heterocycles. The normalized spacial score (nSPS) is 17.5. The quantitative estimate of drug-likeness (QED) is 0.765. The van der Waals surface area contributed by atoms with E-state index in [0.29, 0.717) is 32.4 Å². The Labute approximate surface area is 146 Å². The predicted octanol–water partition coefficient (Wildman–Crippen LogP) is 4.15. The fourth-order valence-electron chi connectivity index (χ4n) is 2.88. The lowest BCUT2D eigenvalue weighted by Crippen LogP contribution is -2.47. The van der Waals surface area contributed by atoms with E-state index in [-0.39, 0.29) is 11.9 Å². The molecule has 1 saturated heterocycles. The van der Waals surface area contributed by atoms with Gasteiger partial charge in [-0.15, -0.1) is 0 Å². The van der Waals surface area contributed by atoms with Gasteiger partial charge in [0.15, 0.2) is 0 Å². The number of nitrogens with zero attached hydrogens (tertiary/aromatic N) is 1. The molecule has 0 saturated carbocycles. The molecule has 0 unspecified atom stereocenters. The van der Waals surface area contributed by atoms with E-state index in [0.717, 1.165) is 5.56 Å². The van der Waals surface area contributed by atoms with Crippen molar-refractivity contribution in [3.05, 3.63) is 35.6 Å². The van der Waals surface area contributed by atoms with Crippen molar-refractivity contribution in [3.8, 4) is 0 Å². The minimum absolute atomic E-state index is 0.315. The van der Waals surface area contributed by atoms with Gasteiger partial charge in [-0.1, -0.05) is 12.1 Å². The fourth-order valence-corrected chi connectivity index (χ4v) is 3.14. The largest absolute Gasteiger partial charge is 0.444 e. The monoisotopic (exact) mass is 355 g/mol. The number of benzene rings is 1. The van der Waals surface area contributed by atoms with Crippen LogP contribution in [0, 0.1) is 11.2 Å². The molecular formula is C18H23ClFNO3. The van der Waals surface area contributed by atoms with Gasteiger partial charge in [0.2, 0.25) is 5.24 Å². The van der Waals surface area contributed by atoms with E-state index in [2.05, 4.69) is 0 Å². The average molecular weight is 356 g/mol. The molecule has 0 spiro atoms. The number of ether oxygens (including phenoxy) is 1. The van der Waals surface area contributed by atoms with Crippen molar-refractivity contribution in [2.45, 2.75) is 45.6 Å². The summed E-state index contributed by atoms with van der Waals surface area (Å²) in [5, 5.41) is -0.407. The van der Waals surface area contributed by atoms with E-state index in [4.69, 9.17) is 16.3 Å². The summed E-state index contributed by atoms with van der Waals surface area (Å²) in [6.45, 7) is 6.27. The highest BCUT2D eigenvalue weighted by molar-refractivity contribution is 6.64. The van der Waals surface area contributed by atoms with Gasteiger partial charge >= 0.3 is 6.09 Å². The molecule has 6 heteroatoms. The van der Waals surface area contributed by atoms with Crippen molar-refractivity contribution in [1.29, 1.82) is 0 Å².